The van der Waals surface area contributed by atoms with Crippen molar-refractivity contribution in [3.8, 4) is 0 Å². The van der Waals surface area contributed by atoms with Crippen LogP contribution in [0.5, 0.6) is 0 Å². The van der Waals surface area contributed by atoms with E-state index in [-0.39, 0.29) is 15.9 Å². The highest BCUT2D eigenvalue weighted by atomic mass is 28.4. The highest BCUT2D eigenvalue weighted by Gasteiger charge is 2.56. The monoisotopic (exact) mass is 464 g/mol. The lowest BCUT2D eigenvalue weighted by atomic mass is 9.89. The van der Waals surface area contributed by atoms with E-state index in [2.05, 4.69) is 94.3 Å². The van der Waals surface area contributed by atoms with Crippen LogP contribution < -0.4 is 0 Å². The fourth-order valence-corrected chi connectivity index (χ4v) is 16.0. The Morgan fingerprint density at radius 2 is 1.32 bits per heavy atom. The van der Waals surface area contributed by atoms with Gasteiger partial charge in [-0.3, -0.25) is 0 Å². The Balaban J connectivity index is 5.77. The molecular weight excluding hydrogens is 413 g/mol. The van der Waals surface area contributed by atoms with Gasteiger partial charge >= 0.3 is 0 Å². The maximum atomic E-state index is 7.01. The molecule has 0 saturated carbocycles. The third-order valence-electron chi connectivity index (χ3n) is 7.49. The van der Waals surface area contributed by atoms with Crippen molar-refractivity contribution in [1.82, 2.24) is 0 Å². The van der Waals surface area contributed by atoms with Gasteiger partial charge in [0, 0.05) is 10.8 Å². The lowest BCUT2D eigenvalue weighted by molar-refractivity contribution is 0.0191. The van der Waals surface area contributed by atoms with Crippen LogP contribution in [0.1, 0.15) is 67.7 Å². The quantitative estimate of drug-likeness (QED) is 0.311. The molecular formula is C21H52O3Si4. The summed E-state index contributed by atoms with van der Waals surface area (Å²) in [4.78, 5) is 0. The molecule has 0 heterocycles. The smallest absolute Gasteiger partial charge is 0.204 e. The highest BCUT2D eigenvalue weighted by Crippen LogP contribution is 2.53. The van der Waals surface area contributed by atoms with Crippen LogP contribution in [0, 0.1) is 0 Å². The first-order valence-electron chi connectivity index (χ1n) is 11.6. The van der Waals surface area contributed by atoms with Crippen LogP contribution in [0.25, 0.3) is 0 Å². The maximum Gasteiger partial charge on any atom is 0.204 e. The zero-order valence-electron chi connectivity index (χ0n) is 21.7. The predicted octanol–water partition coefficient (Wildman–Crippen LogP) is 6.04. The van der Waals surface area contributed by atoms with E-state index in [1.54, 1.807) is 0 Å². The van der Waals surface area contributed by atoms with Crippen LogP contribution >= 0.6 is 0 Å². The summed E-state index contributed by atoms with van der Waals surface area (Å²) in [5, 5.41) is -0.0441. The lowest BCUT2D eigenvalue weighted by Gasteiger charge is -2.55. The average molecular weight is 465 g/mol. The molecule has 3 nitrogen and oxygen atoms in total. The van der Waals surface area contributed by atoms with Crippen molar-refractivity contribution in [3.63, 3.8) is 0 Å². The van der Waals surface area contributed by atoms with Crippen molar-refractivity contribution < 1.29 is 13.3 Å². The second kappa shape index (κ2) is 10.9. The summed E-state index contributed by atoms with van der Waals surface area (Å²) in [5.41, 5.74) is 0.243. The standard InChI is InChI=1S/C21H52O3Si4/c1-15-18(25(8)9)22-28(13,14)20(6,16-2)19(4,5)23-27(12)21(7,17-3)24-26(10)11/h18,25-27H,15-17H2,1-14H3. The first kappa shape index (κ1) is 28.7. The molecule has 0 radical (unpaired) electrons. The number of rotatable bonds is 13. The first-order chi connectivity index (χ1) is 12.5. The highest BCUT2D eigenvalue weighted by molar-refractivity contribution is 6.75. The van der Waals surface area contributed by atoms with E-state index in [1.165, 1.54) is 0 Å². The summed E-state index contributed by atoms with van der Waals surface area (Å²) < 4.78 is 20.5. The second-order valence-corrected chi connectivity index (χ2v) is 23.3. The van der Waals surface area contributed by atoms with Crippen molar-refractivity contribution in [2.45, 2.75) is 135 Å². The van der Waals surface area contributed by atoms with E-state index in [1.807, 2.05) is 0 Å². The van der Waals surface area contributed by atoms with E-state index >= 15 is 0 Å². The molecule has 0 aliphatic heterocycles. The summed E-state index contributed by atoms with van der Waals surface area (Å²) in [7, 11) is -5.53. The normalized spacial score (nSPS) is 20.1. The van der Waals surface area contributed by atoms with E-state index in [4.69, 9.17) is 13.3 Å². The van der Waals surface area contributed by atoms with Gasteiger partial charge in [0.15, 0.2) is 17.4 Å². The third kappa shape index (κ3) is 6.62. The van der Waals surface area contributed by atoms with Crippen LogP contribution in [0.2, 0.25) is 50.9 Å². The molecule has 0 aromatic heterocycles. The Morgan fingerprint density at radius 3 is 1.64 bits per heavy atom. The van der Waals surface area contributed by atoms with Gasteiger partial charge in [0.2, 0.25) is 9.04 Å². The molecule has 0 saturated heterocycles. The third-order valence-corrected chi connectivity index (χ3v) is 18.9. The zero-order chi connectivity index (χ0) is 22.6. The summed E-state index contributed by atoms with van der Waals surface area (Å²) in [6.45, 7) is 32.7. The molecule has 0 aromatic carbocycles. The van der Waals surface area contributed by atoms with Gasteiger partial charge in [-0.15, -0.1) is 0 Å². The van der Waals surface area contributed by atoms with Crippen LogP contribution in [-0.4, -0.2) is 51.7 Å². The molecule has 0 N–H and O–H groups in total. The SMILES string of the molecule is CCC(O[Si](C)(C)C(C)(CC)C(C)(C)O[SiH](C)C(C)(CC)O[SiH](C)C)[SiH](C)C. The Bertz CT molecular complexity index is 471. The van der Waals surface area contributed by atoms with E-state index in [0.717, 1.165) is 19.3 Å². The number of hydrogen-bond donors (Lipinski definition) is 0. The maximum absolute atomic E-state index is 7.01. The zero-order valence-corrected chi connectivity index (χ0v) is 26.1. The summed E-state index contributed by atoms with van der Waals surface area (Å²) in [5.74, 6) is 0. The minimum Gasteiger partial charge on any atom is -0.417 e. The Morgan fingerprint density at radius 1 is 0.821 bits per heavy atom. The fourth-order valence-electron chi connectivity index (χ4n) is 4.48. The molecule has 0 amide bonds. The van der Waals surface area contributed by atoms with Gasteiger partial charge in [-0.2, -0.15) is 0 Å². The number of hydrogen-bond acceptors (Lipinski definition) is 3. The van der Waals surface area contributed by atoms with Gasteiger partial charge in [0.05, 0.1) is 19.6 Å². The average Bonchev–Trinajstić information content (AvgIpc) is 2.56. The summed E-state index contributed by atoms with van der Waals surface area (Å²) in [6.07, 6.45) is 3.24. The molecule has 0 aliphatic carbocycles. The lowest BCUT2D eigenvalue weighted by Crippen LogP contribution is -2.61. The molecule has 4 unspecified atom stereocenters. The largest absolute Gasteiger partial charge is 0.417 e. The fraction of sp³-hybridized carbons (Fsp3) is 1.00. The molecule has 170 valence electrons. The Labute approximate surface area is 183 Å². The summed E-state index contributed by atoms with van der Waals surface area (Å²) >= 11 is 0. The molecule has 0 aromatic rings. The van der Waals surface area contributed by atoms with Gasteiger partial charge in [-0.1, -0.05) is 40.8 Å². The predicted molar refractivity (Wildman–Crippen MR) is 137 cm³/mol. The van der Waals surface area contributed by atoms with Crippen molar-refractivity contribution >= 4 is 35.2 Å². The minimum atomic E-state index is -2.01. The Kier molecular flexibility index (Phi) is 11.2. The Hall–Kier alpha value is 0.748. The van der Waals surface area contributed by atoms with E-state index < -0.39 is 35.2 Å². The van der Waals surface area contributed by atoms with Crippen LogP contribution in [-0.2, 0) is 13.3 Å². The van der Waals surface area contributed by atoms with Crippen LogP contribution in [0.15, 0.2) is 0 Å². The topological polar surface area (TPSA) is 27.7 Å². The molecule has 28 heavy (non-hydrogen) atoms. The van der Waals surface area contributed by atoms with Gasteiger partial charge in [-0.05, 0) is 72.8 Å². The van der Waals surface area contributed by atoms with E-state index in [0.29, 0.717) is 5.73 Å². The molecule has 0 bridgehead atoms. The molecule has 0 rings (SSSR count). The van der Waals surface area contributed by atoms with Crippen molar-refractivity contribution in [1.29, 1.82) is 0 Å². The molecule has 7 heteroatoms. The van der Waals surface area contributed by atoms with Gasteiger partial charge in [-0.25, -0.2) is 0 Å². The molecule has 0 fully saturated rings. The van der Waals surface area contributed by atoms with Crippen molar-refractivity contribution in [3.05, 3.63) is 0 Å². The van der Waals surface area contributed by atoms with Gasteiger partial charge in [0.25, 0.3) is 0 Å². The van der Waals surface area contributed by atoms with Gasteiger partial charge in [0.1, 0.15) is 0 Å². The molecule has 0 aliphatic rings. The molecule has 0 spiro atoms. The van der Waals surface area contributed by atoms with E-state index in [9.17, 15) is 0 Å². The van der Waals surface area contributed by atoms with Crippen molar-refractivity contribution in [2.24, 2.45) is 0 Å². The summed E-state index contributed by atoms with van der Waals surface area (Å²) in [6, 6.07) is 0. The minimum absolute atomic E-state index is 0.0435. The second-order valence-electron chi connectivity index (χ2n) is 10.6. The molecule has 4 atom stereocenters. The van der Waals surface area contributed by atoms with Crippen LogP contribution in [0.3, 0.4) is 0 Å². The van der Waals surface area contributed by atoms with Gasteiger partial charge < -0.3 is 13.3 Å². The van der Waals surface area contributed by atoms with Crippen molar-refractivity contribution in [2.75, 3.05) is 0 Å². The first-order valence-corrected chi connectivity index (χ1v) is 22.4. The van der Waals surface area contributed by atoms with Crippen LogP contribution in [0.4, 0.5) is 0 Å².